The summed E-state index contributed by atoms with van der Waals surface area (Å²) >= 11 is 0. The molecule has 0 bridgehead atoms. The summed E-state index contributed by atoms with van der Waals surface area (Å²) in [6.45, 7) is 1.85. The van der Waals surface area contributed by atoms with E-state index in [0.717, 1.165) is 54.0 Å². The normalized spacial score (nSPS) is 18.3. The molecule has 0 radical (unpaired) electrons. The highest BCUT2D eigenvalue weighted by molar-refractivity contribution is 6.05. The van der Waals surface area contributed by atoms with E-state index < -0.39 is 5.92 Å². The van der Waals surface area contributed by atoms with Gasteiger partial charge in [-0.3, -0.25) is 14.4 Å². The third-order valence-electron chi connectivity index (χ3n) is 6.53. The molecule has 1 amide bonds. The van der Waals surface area contributed by atoms with Gasteiger partial charge < -0.3 is 14.8 Å². The summed E-state index contributed by atoms with van der Waals surface area (Å²) in [5.41, 5.74) is 3.92. The van der Waals surface area contributed by atoms with Gasteiger partial charge in [0.15, 0.2) is 18.2 Å². The van der Waals surface area contributed by atoms with Crippen LogP contribution in [0.1, 0.15) is 55.6 Å². The van der Waals surface area contributed by atoms with Crippen LogP contribution in [0, 0.1) is 6.92 Å². The van der Waals surface area contributed by atoms with Gasteiger partial charge >= 0.3 is 0 Å². The number of amides is 1. The van der Waals surface area contributed by atoms with Crippen LogP contribution < -0.4 is 10.1 Å². The van der Waals surface area contributed by atoms with Crippen molar-refractivity contribution in [2.75, 3.05) is 11.9 Å². The van der Waals surface area contributed by atoms with Crippen LogP contribution >= 0.6 is 0 Å². The maximum absolute atomic E-state index is 12.9. The third kappa shape index (κ3) is 4.40. The van der Waals surface area contributed by atoms with E-state index in [0.29, 0.717) is 29.7 Å². The first-order valence-corrected chi connectivity index (χ1v) is 11.8. The maximum Gasteiger partial charge on any atom is 0.262 e. The van der Waals surface area contributed by atoms with E-state index in [4.69, 9.17) is 9.47 Å². The Bertz CT molecular complexity index is 1180. The van der Waals surface area contributed by atoms with Crippen LogP contribution in [-0.4, -0.2) is 24.1 Å². The molecule has 1 heterocycles. The molecule has 0 spiro atoms. The molecule has 1 aliphatic heterocycles. The Balaban J connectivity index is 1.34. The number of hydrogen-bond acceptors (Lipinski definition) is 5. The zero-order valence-electron chi connectivity index (χ0n) is 19.2. The molecular weight excluding hydrogens is 430 g/mol. The Morgan fingerprint density at radius 2 is 1.59 bits per heavy atom. The lowest BCUT2D eigenvalue weighted by Gasteiger charge is -2.36. The molecule has 2 aromatic rings. The topological polar surface area (TPSA) is 81.7 Å². The lowest BCUT2D eigenvalue weighted by Crippen LogP contribution is -2.30. The molecule has 0 atom stereocenters. The summed E-state index contributed by atoms with van der Waals surface area (Å²) in [7, 11) is 0. The molecule has 0 aromatic heterocycles. The van der Waals surface area contributed by atoms with E-state index in [2.05, 4.69) is 5.32 Å². The molecule has 0 saturated carbocycles. The number of ether oxygens (including phenoxy) is 2. The van der Waals surface area contributed by atoms with Crippen molar-refractivity contribution in [1.29, 1.82) is 0 Å². The highest BCUT2D eigenvalue weighted by Crippen LogP contribution is 2.47. The molecule has 3 aliphatic rings. The van der Waals surface area contributed by atoms with Crippen molar-refractivity contribution in [3.63, 3.8) is 0 Å². The average molecular weight is 458 g/mol. The van der Waals surface area contributed by atoms with Crippen molar-refractivity contribution >= 4 is 23.2 Å². The van der Waals surface area contributed by atoms with Crippen LogP contribution in [0.3, 0.4) is 0 Å². The number of anilines is 1. The fourth-order valence-electron chi connectivity index (χ4n) is 4.98. The van der Waals surface area contributed by atoms with Crippen LogP contribution in [0.25, 0.3) is 0 Å². The molecule has 174 valence electrons. The molecule has 34 heavy (non-hydrogen) atoms. The number of Topliss-reactive ketones (excluding diaryl/α,β-unsaturated/α-hetero) is 2. The van der Waals surface area contributed by atoms with E-state index in [1.807, 2.05) is 43.3 Å². The quantitative estimate of drug-likeness (QED) is 0.672. The van der Waals surface area contributed by atoms with Crippen molar-refractivity contribution in [2.45, 2.75) is 51.4 Å². The smallest absolute Gasteiger partial charge is 0.262 e. The summed E-state index contributed by atoms with van der Waals surface area (Å²) in [6, 6.07) is 14.9. The van der Waals surface area contributed by atoms with Gasteiger partial charge in [-0.25, -0.2) is 0 Å². The number of hydrogen-bond donors (Lipinski definition) is 1. The maximum atomic E-state index is 12.9. The van der Waals surface area contributed by atoms with E-state index in [-0.39, 0.29) is 24.1 Å². The SMILES string of the molecule is Cc1cccc(NC(=O)COc2ccc(C3C4=C(CCCC4=O)OC4=C3C(=O)CCC4)cc2)c1. The minimum Gasteiger partial charge on any atom is -0.484 e. The highest BCUT2D eigenvalue weighted by atomic mass is 16.5. The molecular formula is C28H27NO5. The summed E-state index contributed by atoms with van der Waals surface area (Å²) in [5, 5.41) is 2.82. The van der Waals surface area contributed by atoms with Gasteiger partial charge in [-0.1, -0.05) is 24.3 Å². The van der Waals surface area contributed by atoms with Crippen molar-refractivity contribution in [3.05, 3.63) is 82.3 Å². The molecule has 0 unspecified atom stereocenters. The first kappa shape index (κ1) is 22.1. The summed E-state index contributed by atoms with van der Waals surface area (Å²) in [5.74, 6) is 1.48. The molecule has 6 nitrogen and oxygen atoms in total. The number of benzene rings is 2. The second-order valence-corrected chi connectivity index (χ2v) is 9.04. The number of carbonyl (C=O) groups is 3. The van der Waals surface area contributed by atoms with Gasteiger partial charge in [-0.05, 0) is 55.2 Å². The molecule has 5 rings (SSSR count). The minimum atomic E-state index is -0.391. The van der Waals surface area contributed by atoms with E-state index in [1.54, 1.807) is 12.1 Å². The number of nitrogens with one attached hydrogen (secondary N) is 1. The third-order valence-corrected chi connectivity index (χ3v) is 6.53. The van der Waals surface area contributed by atoms with Crippen LogP contribution in [0.5, 0.6) is 5.75 Å². The summed E-state index contributed by atoms with van der Waals surface area (Å²) in [6.07, 6.45) is 3.95. The fraction of sp³-hybridized carbons (Fsp3) is 0.321. The molecule has 6 heteroatoms. The number of rotatable bonds is 5. The van der Waals surface area contributed by atoms with Gasteiger partial charge in [0.05, 0.1) is 0 Å². The largest absolute Gasteiger partial charge is 0.484 e. The Hall–Kier alpha value is -3.67. The fourth-order valence-corrected chi connectivity index (χ4v) is 4.98. The van der Waals surface area contributed by atoms with Crippen molar-refractivity contribution in [1.82, 2.24) is 0 Å². The van der Waals surface area contributed by atoms with Crippen molar-refractivity contribution < 1.29 is 23.9 Å². The van der Waals surface area contributed by atoms with Gasteiger partial charge in [-0.15, -0.1) is 0 Å². The van der Waals surface area contributed by atoms with Gasteiger partial charge in [0.1, 0.15) is 17.3 Å². The second-order valence-electron chi connectivity index (χ2n) is 9.04. The Morgan fingerprint density at radius 1 is 0.941 bits per heavy atom. The van der Waals surface area contributed by atoms with E-state index in [9.17, 15) is 14.4 Å². The Morgan fingerprint density at radius 3 is 2.21 bits per heavy atom. The van der Waals surface area contributed by atoms with Crippen molar-refractivity contribution in [2.24, 2.45) is 0 Å². The number of carbonyl (C=O) groups excluding carboxylic acids is 3. The average Bonchev–Trinajstić information content (AvgIpc) is 2.82. The predicted molar refractivity (Wildman–Crippen MR) is 127 cm³/mol. The number of ketones is 2. The van der Waals surface area contributed by atoms with Gasteiger partial charge in [0.2, 0.25) is 0 Å². The lowest BCUT2D eigenvalue weighted by atomic mass is 9.73. The monoisotopic (exact) mass is 457 g/mol. The number of allylic oxidation sites excluding steroid dienone is 4. The highest BCUT2D eigenvalue weighted by Gasteiger charge is 2.41. The molecule has 0 fully saturated rings. The van der Waals surface area contributed by atoms with E-state index in [1.165, 1.54) is 0 Å². The predicted octanol–water partition coefficient (Wildman–Crippen LogP) is 5.14. The van der Waals surface area contributed by atoms with Crippen molar-refractivity contribution in [3.8, 4) is 5.75 Å². The Labute approximate surface area is 198 Å². The van der Waals surface area contributed by atoms with Crippen LogP contribution in [0.2, 0.25) is 0 Å². The van der Waals surface area contributed by atoms with E-state index >= 15 is 0 Å². The van der Waals surface area contributed by atoms with Gasteiger partial charge in [0, 0.05) is 48.4 Å². The number of aryl methyl sites for hydroxylation is 1. The summed E-state index contributed by atoms with van der Waals surface area (Å²) in [4.78, 5) is 38.0. The van der Waals surface area contributed by atoms with Gasteiger partial charge in [0.25, 0.3) is 5.91 Å². The first-order chi connectivity index (χ1) is 16.5. The molecule has 0 saturated heterocycles. The standard InChI is InChI=1S/C28H27NO5/c1-17-5-2-6-19(15-17)29-25(32)16-33-20-13-11-18(12-14-20)26-27-21(30)7-3-9-23(27)34-24-10-4-8-22(31)28(24)26/h2,5-6,11-15,26H,3-4,7-10,16H2,1H3,(H,29,32). The molecule has 2 aliphatic carbocycles. The van der Waals surface area contributed by atoms with Crippen LogP contribution in [-0.2, 0) is 19.1 Å². The zero-order chi connectivity index (χ0) is 23.7. The molecule has 2 aromatic carbocycles. The van der Waals surface area contributed by atoms with Gasteiger partial charge in [-0.2, -0.15) is 0 Å². The molecule has 1 N–H and O–H groups in total. The first-order valence-electron chi connectivity index (χ1n) is 11.8. The zero-order valence-corrected chi connectivity index (χ0v) is 19.2. The lowest BCUT2D eigenvalue weighted by molar-refractivity contribution is -0.119. The Kier molecular flexibility index (Phi) is 6.05. The minimum absolute atomic E-state index is 0.0596. The second kappa shape index (κ2) is 9.29. The van der Waals surface area contributed by atoms with Crippen LogP contribution in [0.15, 0.2) is 71.2 Å². The van der Waals surface area contributed by atoms with Crippen LogP contribution in [0.4, 0.5) is 5.69 Å². The summed E-state index contributed by atoms with van der Waals surface area (Å²) < 4.78 is 11.8.